The van der Waals surface area contributed by atoms with E-state index in [1.807, 2.05) is 13.0 Å². The molecule has 0 aliphatic rings. The molecule has 1 nitrogen and oxygen atoms in total. The fraction of sp³-hybridized carbons (Fsp3) is 0.294. The molecule has 0 spiro atoms. The molecule has 112 valence electrons. The van der Waals surface area contributed by atoms with Crippen LogP contribution in [-0.4, -0.2) is 12.6 Å². The van der Waals surface area contributed by atoms with E-state index in [1.165, 1.54) is 18.2 Å². The van der Waals surface area contributed by atoms with Crippen LogP contribution >= 0.6 is 15.9 Å². The lowest BCUT2D eigenvalue weighted by molar-refractivity contribution is 0.504. The topological polar surface area (TPSA) is 12.0 Å². The minimum Gasteiger partial charge on any atom is -0.314 e. The molecule has 1 unspecified atom stereocenters. The minimum atomic E-state index is -0.255. The van der Waals surface area contributed by atoms with Crippen LogP contribution in [0.25, 0.3) is 0 Å². The van der Waals surface area contributed by atoms with Crippen molar-refractivity contribution in [1.82, 2.24) is 5.32 Å². The van der Waals surface area contributed by atoms with Gasteiger partial charge < -0.3 is 5.32 Å². The predicted molar refractivity (Wildman–Crippen MR) is 85.4 cm³/mol. The summed E-state index contributed by atoms with van der Waals surface area (Å²) >= 11 is 3.44. The Morgan fingerprint density at radius 3 is 2.48 bits per heavy atom. The number of halogens is 3. The lowest BCUT2D eigenvalue weighted by atomic mass is 9.98. The van der Waals surface area contributed by atoms with Gasteiger partial charge in [-0.25, -0.2) is 8.78 Å². The van der Waals surface area contributed by atoms with Crippen LogP contribution in [0, 0.1) is 11.6 Å². The van der Waals surface area contributed by atoms with Crippen molar-refractivity contribution in [3.8, 4) is 0 Å². The average Bonchev–Trinajstić information content (AvgIpc) is 2.45. The minimum absolute atomic E-state index is 0.0602. The van der Waals surface area contributed by atoms with Crippen LogP contribution < -0.4 is 5.32 Å². The van der Waals surface area contributed by atoms with Crippen molar-refractivity contribution in [3.05, 3.63) is 69.7 Å². The van der Waals surface area contributed by atoms with E-state index in [1.54, 1.807) is 18.2 Å². The van der Waals surface area contributed by atoms with E-state index in [2.05, 4.69) is 21.2 Å². The normalized spacial score (nSPS) is 12.4. The number of likely N-dealkylation sites (N-methyl/N-ethyl adjacent to an activating group) is 1. The standard InChI is InChI=1S/C17H18BrF2N/c1-2-21-15(10-12-5-3-4-6-17(12)20)11-13-9-14(19)7-8-16(13)18/h3-9,15,21H,2,10-11H2,1H3. The molecule has 0 amide bonds. The van der Waals surface area contributed by atoms with Crippen molar-refractivity contribution in [1.29, 1.82) is 0 Å². The fourth-order valence-electron chi connectivity index (χ4n) is 2.40. The van der Waals surface area contributed by atoms with Crippen LogP contribution in [0.3, 0.4) is 0 Å². The van der Waals surface area contributed by atoms with E-state index in [-0.39, 0.29) is 17.7 Å². The van der Waals surface area contributed by atoms with Gasteiger partial charge in [-0.15, -0.1) is 0 Å². The number of rotatable bonds is 6. The van der Waals surface area contributed by atoms with Crippen molar-refractivity contribution in [2.24, 2.45) is 0 Å². The van der Waals surface area contributed by atoms with Crippen LogP contribution in [0.1, 0.15) is 18.1 Å². The molecule has 0 aromatic heterocycles. The predicted octanol–water partition coefficient (Wildman–Crippen LogP) is 4.49. The van der Waals surface area contributed by atoms with Crippen LogP contribution in [0.4, 0.5) is 8.78 Å². The summed E-state index contributed by atoms with van der Waals surface area (Å²) in [5.41, 5.74) is 1.56. The number of nitrogens with one attached hydrogen (secondary N) is 1. The van der Waals surface area contributed by atoms with Gasteiger partial charge in [0.15, 0.2) is 0 Å². The van der Waals surface area contributed by atoms with Gasteiger partial charge in [-0.1, -0.05) is 41.1 Å². The summed E-state index contributed by atoms with van der Waals surface area (Å²) in [6.07, 6.45) is 1.21. The first-order valence-corrected chi connectivity index (χ1v) is 7.80. The molecule has 0 aliphatic carbocycles. The Kier molecular flexibility index (Phi) is 5.88. The van der Waals surface area contributed by atoms with Gasteiger partial charge in [0.05, 0.1) is 0 Å². The van der Waals surface area contributed by atoms with Crippen molar-refractivity contribution >= 4 is 15.9 Å². The third-order valence-electron chi connectivity index (χ3n) is 3.39. The molecule has 21 heavy (non-hydrogen) atoms. The summed E-state index contributed by atoms with van der Waals surface area (Å²) in [7, 11) is 0. The molecule has 2 rings (SSSR count). The molecule has 2 aromatic rings. The molecule has 0 bridgehead atoms. The zero-order valence-electron chi connectivity index (χ0n) is 11.9. The average molecular weight is 354 g/mol. The van der Waals surface area contributed by atoms with Gasteiger partial charge >= 0.3 is 0 Å². The van der Waals surface area contributed by atoms with Crippen molar-refractivity contribution in [3.63, 3.8) is 0 Å². The Morgan fingerprint density at radius 2 is 1.76 bits per heavy atom. The van der Waals surface area contributed by atoms with E-state index in [0.29, 0.717) is 18.4 Å². The monoisotopic (exact) mass is 353 g/mol. The van der Waals surface area contributed by atoms with Gasteiger partial charge in [0, 0.05) is 10.5 Å². The summed E-state index contributed by atoms with van der Waals surface area (Å²) in [6.45, 7) is 2.79. The third-order valence-corrected chi connectivity index (χ3v) is 4.16. The molecule has 1 N–H and O–H groups in total. The molecular formula is C17H18BrF2N. The first kappa shape index (κ1) is 16.1. The fourth-order valence-corrected chi connectivity index (χ4v) is 2.81. The van der Waals surface area contributed by atoms with Crippen molar-refractivity contribution in [2.75, 3.05) is 6.54 Å². The van der Waals surface area contributed by atoms with Gasteiger partial charge in [0.1, 0.15) is 11.6 Å². The van der Waals surface area contributed by atoms with Crippen LogP contribution in [0.15, 0.2) is 46.9 Å². The molecule has 0 heterocycles. The second kappa shape index (κ2) is 7.66. The molecule has 0 fully saturated rings. The Labute approximate surface area is 132 Å². The zero-order chi connectivity index (χ0) is 15.2. The van der Waals surface area contributed by atoms with Crippen LogP contribution in [-0.2, 0) is 12.8 Å². The van der Waals surface area contributed by atoms with E-state index in [9.17, 15) is 8.78 Å². The van der Waals surface area contributed by atoms with E-state index >= 15 is 0 Å². The molecule has 0 saturated heterocycles. The third kappa shape index (κ3) is 4.61. The molecule has 0 aliphatic heterocycles. The highest BCUT2D eigenvalue weighted by Crippen LogP contribution is 2.21. The van der Waals surface area contributed by atoms with Crippen LogP contribution in [0.5, 0.6) is 0 Å². The zero-order valence-corrected chi connectivity index (χ0v) is 13.5. The maximum atomic E-state index is 13.8. The van der Waals surface area contributed by atoms with E-state index < -0.39 is 0 Å². The molecule has 0 saturated carbocycles. The lowest BCUT2D eigenvalue weighted by Gasteiger charge is -2.19. The van der Waals surface area contributed by atoms with Gasteiger partial charge in [0.2, 0.25) is 0 Å². The molecule has 0 radical (unpaired) electrons. The number of hydrogen-bond acceptors (Lipinski definition) is 1. The Hall–Kier alpha value is -1.26. The molecular weight excluding hydrogens is 336 g/mol. The maximum absolute atomic E-state index is 13.8. The maximum Gasteiger partial charge on any atom is 0.126 e. The highest BCUT2D eigenvalue weighted by atomic mass is 79.9. The van der Waals surface area contributed by atoms with Crippen molar-refractivity contribution in [2.45, 2.75) is 25.8 Å². The van der Waals surface area contributed by atoms with Crippen LogP contribution in [0.2, 0.25) is 0 Å². The highest BCUT2D eigenvalue weighted by Gasteiger charge is 2.14. The Morgan fingerprint density at radius 1 is 1.05 bits per heavy atom. The Bertz CT molecular complexity index is 601. The first-order chi connectivity index (χ1) is 10.1. The highest BCUT2D eigenvalue weighted by molar-refractivity contribution is 9.10. The summed E-state index contributed by atoms with van der Waals surface area (Å²) in [4.78, 5) is 0. The first-order valence-electron chi connectivity index (χ1n) is 7.01. The molecule has 1 atom stereocenters. The molecule has 4 heteroatoms. The summed E-state index contributed by atoms with van der Waals surface area (Å²) in [6, 6.07) is 11.5. The largest absolute Gasteiger partial charge is 0.314 e. The summed E-state index contributed by atoms with van der Waals surface area (Å²) < 4.78 is 28.0. The van der Waals surface area contributed by atoms with Gasteiger partial charge in [-0.05, 0) is 54.8 Å². The summed E-state index contributed by atoms with van der Waals surface area (Å²) in [5.74, 6) is -0.451. The van der Waals surface area contributed by atoms with Crippen molar-refractivity contribution < 1.29 is 8.78 Å². The number of hydrogen-bond donors (Lipinski definition) is 1. The summed E-state index contributed by atoms with van der Waals surface area (Å²) in [5, 5.41) is 3.34. The second-order valence-corrected chi connectivity index (χ2v) is 5.84. The quantitative estimate of drug-likeness (QED) is 0.806. The SMILES string of the molecule is CCNC(Cc1ccccc1F)Cc1cc(F)ccc1Br. The Balaban J connectivity index is 2.16. The van der Waals surface area contributed by atoms with Gasteiger partial charge in [-0.3, -0.25) is 0 Å². The lowest BCUT2D eigenvalue weighted by Crippen LogP contribution is -2.33. The van der Waals surface area contributed by atoms with Gasteiger partial charge in [0.25, 0.3) is 0 Å². The van der Waals surface area contributed by atoms with Gasteiger partial charge in [-0.2, -0.15) is 0 Å². The van der Waals surface area contributed by atoms with E-state index in [4.69, 9.17) is 0 Å². The molecule has 2 aromatic carbocycles. The second-order valence-electron chi connectivity index (χ2n) is 4.99. The van der Waals surface area contributed by atoms with E-state index in [0.717, 1.165) is 16.6 Å². The smallest absolute Gasteiger partial charge is 0.126 e. The number of benzene rings is 2.